The second-order valence-electron chi connectivity index (χ2n) is 4.21. The number of carbonyl (C=O) groups excluding carboxylic acids is 1. The molecule has 0 bridgehead atoms. The highest BCUT2D eigenvalue weighted by molar-refractivity contribution is 5.94. The van der Waals surface area contributed by atoms with E-state index >= 15 is 0 Å². The Labute approximate surface area is 120 Å². The summed E-state index contributed by atoms with van der Waals surface area (Å²) in [4.78, 5) is 18.1. The summed E-state index contributed by atoms with van der Waals surface area (Å²) in [5.41, 5.74) is 1.62. The van der Waals surface area contributed by atoms with Crippen LogP contribution < -0.4 is 5.32 Å². The van der Waals surface area contributed by atoms with E-state index in [1.165, 1.54) is 0 Å². The zero-order valence-electron chi connectivity index (χ0n) is 10.5. The van der Waals surface area contributed by atoms with E-state index < -0.39 is 0 Å². The van der Waals surface area contributed by atoms with Gasteiger partial charge in [0.15, 0.2) is 0 Å². The first-order valence-electron chi connectivity index (χ1n) is 5.60. The first-order chi connectivity index (χ1) is 7.70. The minimum Gasteiger partial charge on any atom is -0.337 e. The Hall–Kier alpha value is -0.840. The molecule has 1 amide bonds. The van der Waals surface area contributed by atoms with E-state index in [4.69, 9.17) is 0 Å². The van der Waals surface area contributed by atoms with Crippen molar-refractivity contribution in [1.82, 2.24) is 15.2 Å². The third-order valence-corrected chi connectivity index (χ3v) is 3.04. The predicted molar refractivity (Wildman–Crippen MR) is 76.8 cm³/mol. The molecule has 18 heavy (non-hydrogen) atoms. The lowest BCUT2D eigenvalue weighted by Gasteiger charge is -2.16. The standard InChI is InChI=1S/C12H17N3O.2ClH/c1-9-3-4-10(7-14-9)12(16)15-6-5-11(8-15)13-2;;/h3-4,7,11,13H,5-6,8H2,1-2H3;2*1H. The molecular weight excluding hydrogens is 273 g/mol. The second-order valence-corrected chi connectivity index (χ2v) is 4.21. The van der Waals surface area contributed by atoms with Crippen molar-refractivity contribution in [2.45, 2.75) is 19.4 Å². The summed E-state index contributed by atoms with van der Waals surface area (Å²) >= 11 is 0. The number of aromatic nitrogens is 1. The number of pyridine rings is 1. The average molecular weight is 292 g/mol. The number of carbonyl (C=O) groups is 1. The van der Waals surface area contributed by atoms with Gasteiger partial charge in [-0.25, -0.2) is 0 Å². The summed E-state index contributed by atoms with van der Waals surface area (Å²) in [6.45, 7) is 3.54. The van der Waals surface area contributed by atoms with Crippen molar-refractivity contribution in [1.29, 1.82) is 0 Å². The van der Waals surface area contributed by atoms with Gasteiger partial charge in [-0.1, -0.05) is 0 Å². The molecule has 1 atom stereocenters. The fourth-order valence-electron chi connectivity index (χ4n) is 1.96. The lowest BCUT2D eigenvalue weighted by atomic mass is 10.2. The summed E-state index contributed by atoms with van der Waals surface area (Å²) in [7, 11) is 1.94. The van der Waals surface area contributed by atoms with Crippen LogP contribution in [0.15, 0.2) is 18.3 Å². The van der Waals surface area contributed by atoms with Gasteiger partial charge >= 0.3 is 0 Å². The SMILES string of the molecule is CNC1CCN(C(=O)c2ccc(C)nc2)C1.Cl.Cl. The van der Waals surface area contributed by atoms with Gasteiger partial charge in [-0.3, -0.25) is 9.78 Å². The van der Waals surface area contributed by atoms with Gasteiger partial charge in [0.05, 0.1) is 5.56 Å². The van der Waals surface area contributed by atoms with Crippen LogP contribution >= 0.6 is 24.8 Å². The van der Waals surface area contributed by atoms with Gasteiger partial charge < -0.3 is 10.2 Å². The normalized spacial score (nSPS) is 17.9. The molecule has 0 spiro atoms. The molecular formula is C12H19Cl2N3O. The van der Waals surface area contributed by atoms with Crippen molar-refractivity contribution in [2.24, 2.45) is 0 Å². The van der Waals surface area contributed by atoms with Gasteiger partial charge in [-0.15, -0.1) is 24.8 Å². The predicted octanol–water partition coefficient (Wildman–Crippen LogP) is 1.67. The van der Waals surface area contributed by atoms with Gasteiger partial charge in [-0.05, 0) is 32.5 Å². The van der Waals surface area contributed by atoms with Gasteiger partial charge in [0, 0.05) is 31.0 Å². The van der Waals surface area contributed by atoms with Crippen LogP contribution in [0.25, 0.3) is 0 Å². The molecule has 1 aromatic rings. The molecule has 1 saturated heterocycles. The number of amides is 1. The molecule has 1 aliphatic rings. The number of likely N-dealkylation sites (tertiary alicyclic amines) is 1. The van der Waals surface area contributed by atoms with Gasteiger partial charge in [0.2, 0.25) is 0 Å². The molecule has 0 aromatic carbocycles. The maximum Gasteiger partial charge on any atom is 0.255 e. The Kier molecular flexibility index (Phi) is 7.21. The summed E-state index contributed by atoms with van der Waals surface area (Å²) < 4.78 is 0. The number of hydrogen-bond acceptors (Lipinski definition) is 3. The fraction of sp³-hybridized carbons (Fsp3) is 0.500. The smallest absolute Gasteiger partial charge is 0.255 e. The lowest BCUT2D eigenvalue weighted by Crippen LogP contribution is -2.33. The Balaban J connectivity index is 0.00000144. The van der Waals surface area contributed by atoms with E-state index in [0.29, 0.717) is 11.6 Å². The number of nitrogens with one attached hydrogen (secondary N) is 1. The van der Waals surface area contributed by atoms with E-state index in [1.807, 2.05) is 31.0 Å². The molecule has 1 fully saturated rings. The number of likely N-dealkylation sites (N-methyl/N-ethyl adjacent to an activating group) is 1. The van der Waals surface area contributed by atoms with E-state index in [0.717, 1.165) is 25.2 Å². The van der Waals surface area contributed by atoms with Crippen LogP contribution in [0.3, 0.4) is 0 Å². The molecule has 6 heteroatoms. The summed E-state index contributed by atoms with van der Waals surface area (Å²) in [5.74, 6) is 0.0882. The number of aryl methyl sites for hydroxylation is 1. The third kappa shape index (κ3) is 3.83. The van der Waals surface area contributed by atoms with Gasteiger partial charge in [0.1, 0.15) is 0 Å². The van der Waals surface area contributed by atoms with Crippen LogP contribution in [-0.2, 0) is 0 Å². The molecule has 1 N–H and O–H groups in total. The van der Waals surface area contributed by atoms with E-state index in [-0.39, 0.29) is 30.7 Å². The van der Waals surface area contributed by atoms with Gasteiger partial charge in [-0.2, -0.15) is 0 Å². The molecule has 0 aliphatic carbocycles. The van der Waals surface area contributed by atoms with Gasteiger partial charge in [0.25, 0.3) is 5.91 Å². The second kappa shape index (κ2) is 7.56. The summed E-state index contributed by atoms with van der Waals surface area (Å²) in [5, 5.41) is 3.20. The van der Waals surface area contributed by atoms with Crippen molar-refractivity contribution < 1.29 is 4.79 Å². The summed E-state index contributed by atoms with van der Waals surface area (Å²) in [6, 6.07) is 4.15. The highest BCUT2D eigenvalue weighted by Crippen LogP contribution is 2.13. The monoisotopic (exact) mass is 291 g/mol. The number of halogens is 2. The molecule has 4 nitrogen and oxygen atoms in total. The molecule has 0 radical (unpaired) electrons. The quantitative estimate of drug-likeness (QED) is 0.902. The van der Waals surface area contributed by atoms with Crippen LogP contribution in [-0.4, -0.2) is 42.0 Å². The van der Waals surface area contributed by atoms with Crippen LogP contribution in [0.5, 0.6) is 0 Å². The first-order valence-corrected chi connectivity index (χ1v) is 5.60. The zero-order valence-corrected chi connectivity index (χ0v) is 12.2. The minimum atomic E-state index is 0. The minimum absolute atomic E-state index is 0. The van der Waals surface area contributed by atoms with Crippen molar-refractivity contribution in [3.8, 4) is 0 Å². The highest BCUT2D eigenvalue weighted by atomic mass is 35.5. The molecule has 1 unspecified atom stereocenters. The molecule has 2 heterocycles. The van der Waals surface area contributed by atoms with Crippen molar-refractivity contribution >= 4 is 30.7 Å². The van der Waals surface area contributed by atoms with Crippen LogP contribution in [0.1, 0.15) is 22.5 Å². The lowest BCUT2D eigenvalue weighted by molar-refractivity contribution is 0.0789. The molecule has 1 aliphatic heterocycles. The highest BCUT2D eigenvalue weighted by Gasteiger charge is 2.25. The third-order valence-electron chi connectivity index (χ3n) is 3.04. The van der Waals surface area contributed by atoms with Crippen molar-refractivity contribution in [3.05, 3.63) is 29.6 Å². The number of rotatable bonds is 2. The maximum atomic E-state index is 12.1. The number of hydrogen-bond donors (Lipinski definition) is 1. The summed E-state index contributed by atoms with van der Waals surface area (Å²) in [6.07, 6.45) is 2.69. The number of nitrogens with zero attached hydrogens (tertiary/aromatic N) is 2. The molecule has 102 valence electrons. The van der Waals surface area contributed by atoms with E-state index in [1.54, 1.807) is 6.20 Å². The topological polar surface area (TPSA) is 45.2 Å². The van der Waals surface area contributed by atoms with Crippen molar-refractivity contribution in [3.63, 3.8) is 0 Å². The Bertz CT molecular complexity index is 383. The van der Waals surface area contributed by atoms with Crippen LogP contribution in [0.4, 0.5) is 0 Å². The first kappa shape index (κ1) is 17.2. The maximum absolute atomic E-state index is 12.1. The fourth-order valence-corrected chi connectivity index (χ4v) is 1.96. The zero-order chi connectivity index (χ0) is 11.5. The average Bonchev–Trinajstić information content (AvgIpc) is 2.77. The van der Waals surface area contributed by atoms with E-state index in [2.05, 4.69) is 10.3 Å². The largest absolute Gasteiger partial charge is 0.337 e. The Morgan fingerprint density at radius 2 is 2.17 bits per heavy atom. The van der Waals surface area contributed by atoms with Crippen LogP contribution in [0.2, 0.25) is 0 Å². The van der Waals surface area contributed by atoms with E-state index in [9.17, 15) is 4.79 Å². The van der Waals surface area contributed by atoms with Crippen LogP contribution in [0, 0.1) is 6.92 Å². The Morgan fingerprint density at radius 1 is 1.44 bits per heavy atom. The van der Waals surface area contributed by atoms with Crippen molar-refractivity contribution in [2.75, 3.05) is 20.1 Å². The molecule has 1 aromatic heterocycles. The molecule has 0 saturated carbocycles. The Morgan fingerprint density at radius 3 is 2.67 bits per heavy atom. The molecule has 2 rings (SSSR count).